The first-order valence-corrected chi connectivity index (χ1v) is 8.75. The zero-order valence-corrected chi connectivity index (χ0v) is 15.4. The third-order valence-electron chi connectivity index (χ3n) is 4.19. The molecule has 26 heavy (non-hydrogen) atoms. The molecular weight excluding hydrogens is 332 g/mol. The summed E-state index contributed by atoms with van der Waals surface area (Å²) in [7, 11) is 3.80. The molecule has 1 amide bonds. The van der Waals surface area contributed by atoms with Gasteiger partial charge in [-0.25, -0.2) is 0 Å². The number of benzene rings is 1. The van der Waals surface area contributed by atoms with E-state index in [9.17, 15) is 4.79 Å². The Kier molecular flexibility index (Phi) is 5.55. The van der Waals surface area contributed by atoms with Gasteiger partial charge in [0.05, 0.1) is 31.1 Å². The predicted octanol–water partition coefficient (Wildman–Crippen LogP) is 2.23. The molecule has 0 bridgehead atoms. The molecule has 7 heteroatoms. The Morgan fingerprint density at radius 1 is 1.31 bits per heavy atom. The first kappa shape index (κ1) is 18.0. The Hall–Kier alpha value is -2.83. The molecule has 0 saturated carbocycles. The van der Waals surface area contributed by atoms with E-state index >= 15 is 0 Å². The molecule has 1 aromatic heterocycles. The Labute approximate surface area is 153 Å². The summed E-state index contributed by atoms with van der Waals surface area (Å²) in [6.45, 7) is 3.60. The van der Waals surface area contributed by atoms with Crippen LogP contribution in [-0.4, -0.2) is 60.7 Å². The number of nitrogens with zero attached hydrogens (tertiary/aromatic N) is 4. The van der Waals surface area contributed by atoms with E-state index in [0.717, 1.165) is 12.2 Å². The lowest BCUT2D eigenvalue weighted by atomic mass is 10.2. The number of para-hydroxylation sites is 1. The minimum atomic E-state index is -0.0927. The number of carbonyl (C=O) groups excluding carboxylic acids is 1. The van der Waals surface area contributed by atoms with E-state index in [1.54, 1.807) is 23.4 Å². The zero-order chi connectivity index (χ0) is 18.5. The number of hydrogen-bond acceptors (Lipinski definition) is 6. The molecule has 1 unspecified atom stereocenters. The summed E-state index contributed by atoms with van der Waals surface area (Å²) in [5.41, 5.74) is 0.587. The SMILES string of the molecule is CCOc1ccccc1C(=O)N1CCC(Oc2cncc(N(C)C)n2)C1. The first-order valence-electron chi connectivity index (χ1n) is 8.75. The molecule has 7 nitrogen and oxygen atoms in total. The summed E-state index contributed by atoms with van der Waals surface area (Å²) in [6.07, 6.45) is 3.95. The van der Waals surface area contributed by atoms with Crippen LogP contribution in [-0.2, 0) is 0 Å². The topological polar surface area (TPSA) is 67.8 Å². The largest absolute Gasteiger partial charge is 0.493 e. The third-order valence-corrected chi connectivity index (χ3v) is 4.19. The van der Waals surface area contributed by atoms with Crippen LogP contribution in [0.25, 0.3) is 0 Å². The smallest absolute Gasteiger partial charge is 0.257 e. The van der Waals surface area contributed by atoms with Gasteiger partial charge in [0.2, 0.25) is 5.88 Å². The molecule has 0 spiro atoms. The molecule has 0 radical (unpaired) electrons. The minimum Gasteiger partial charge on any atom is -0.493 e. The van der Waals surface area contributed by atoms with Crippen molar-refractivity contribution in [3.8, 4) is 11.6 Å². The van der Waals surface area contributed by atoms with Gasteiger partial charge in [-0.3, -0.25) is 9.78 Å². The highest BCUT2D eigenvalue weighted by Crippen LogP contribution is 2.24. The number of rotatable bonds is 6. The highest BCUT2D eigenvalue weighted by Gasteiger charge is 2.30. The van der Waals surface area contributed by atoms with Crippen LogP contribution in [0.5, 0.6) is 11.6 Å². The van der Waals surface area contributed by atoms with Gasteiger partial charge in [0.25, 0.3) is 5.91 Å². The highest BCUT2D eigenvalue weighted by molar-refractivity contribution is 5.97. The minimum absolute atomic E-state index is 0.0340. The average molecular weight is 356 g/mol. The fourth-order valence-electron chi connectivity index (χ4n) is 2.89. The van der Waals surface area contributed by atoms with Crippen LogP contribution in [0.3, 0.4) is 0 Å². The number of ether oxygens (including phenoxy) is 2. The van der Waals surface area contributed by atoms with Crippen molar-refractivity contribution in [3.05, 3.63) is 42.2 Å². The van der Waals surface area contributed by atoms with Gasteiger partial charge in [0, 0.05) is 27.1 Å². The number of carbonyl (C=O) groups is 1. The van der Waals surface area contributed by atoms with Crippen LogP contribution in [0, 0.1) is 0 Å². The van der Waals surface area contributed by atoms with Crippen molar-refractivity contribution in [1.29, 1.82) is 0 Å². The lowest BCUT2D eigenvalue weighted by Crippen LogP contribution is -2.31. The molecule has 0 N–H and O–H groups in total. The summed E-state index contributed by atoms with van der Waals surface area (Å²) < 4.78 is 11.5. The van der Waals surface area contributed by atoms with Gasteiger partial charge in [0.1, 0.15) is 11.9 Å². The van der Waals surface area contributed by atoms with E-state index in [1.165, 1.54) is 0 Å². The zero-order valence-electron chi connectivity index (χ0n) is 15.4. The van der Waals surface area contributed by atoms with E-state index in [4.69, 9.17) is 9.47 Å². The van der Waals surface area contributed by atoms with E-state index < -0.39 is 0 Å². The van der Waals surface area contributed by atoms with Crippen LogP contribution in [0.4, 0.5) is 5.82 Å². The van der Waals surface area contributed by atoms with E-state index in [2.05, 4.69) is 9.97 Å². The van der Waals surface area contributed by atoms with Gasteiger partial charge < -0.3 is 19.3 Å². The van der Waals surface area contributed by atoms with E-state index in [0.29, 0.717) is 36.9 Å². The second-order valence-corrected chi connectivity index (χ2v) is 6.32. The normalized spacial score (nSPS) is 16.4. The Morgan fingerprint density at radius 2 is 2.12 bits per heavy atom. The fraction of sp³-hybridized carbons (Fsp3) is 0.421. The highest BCUT2D eigenvalue weighted by atomic mass is 16.5. The van der Waals surface area contributed by atoms with Crippen molar-refractivity contribution in [1.82, 2.24) is 14.9 Å². The molecule has 1 saturated heterocycles. The molecular formula is C19H24N4O3. The molecule has 138 valence electrons. The second-order valence-electron chi connectivity index (χ2n) is 6.32. The molecule has 2 aromatic rings. The van der Waals surface area contributed by atoms with Crippen LogP contribution in [0.1, 0.15) is 23.7 Å². The maximum atomic E-state index is 12.8. The number of hydrogen-bond donors (Lipinski definition) is 0. The van der Waals surface area contributed by atoms with Gasteiger partial charge in [-0.1, -0.05) is 12.1 Å². The second kappa shape index (κ2) is 8.03. The Balaban J connectivity index is 1.65. The van der Waals surface area contributed by atoms with Crippen molar-refractivity contribution >= 4 is 11.7 Å². The fourth-order valence-corrected chi connectivity index (χ4v) is 2.89. The number of amides is 1. The van der Waals surface area contributed by atoms with Crippen molar-refractivity contribution in [3.63, 3.8) is 0 Å². The van der Waals surface area contributed by atoms with Crippen molar-refractivity contribution < 1.29 is 14.3 Å². The maximum absolute atomic E-state index is 12.8. The first-order chi connectivity index (χ1) is 12.6. The number of aromatic nitrogens is 2. The lowest BCUT2D eigenvalue weighted by Gasteiger charge is -2.19. The molecule has 0 aliphatic carbocycles. The molecule has 1 fully saturated rings. The van der Waals surface area contributed by atoms with Crippen LogP contribution < -0.4 is 14.4 Å². The van der Waals surface area contributed by atoms with Gasteiger partial charge in [-0.05, 0) is 19.1 Å². The third kappa shape index (κ3) is 4.04. The van der Waals surface area contributed by atoms with Gasteiger partial charge in [-0.15, -0.1) is 0 Å². The molecule has 1 aliphatic rings. The van der Waals surface area contributed by atoms with E-state index in [1.807, 2.05) is 44.1 Å². The maximum Gasteiger partial charge on any atom is 0.257 e. The summed E-state index contributed by atoms with van der Waals surface area (Å²) >= 11 is 0. The van der Waals surface area contributed by atoms with E-state index in [-0.39, 0.29) is 12.0 Å². The summed E-state index contributed by atoms with van der Waals surface area (Å²) in [6, 6.07) is 7.34. The molecule has 3 rings (SSSR count). The predicted molar refractivity (Wildman–Crippen MR) is 98.9 cm³/mol. The van der Waals surface area contributed by atoms with Crippen molar-refractivity contribution in [2.24, 2.45) is 0 Å². The standard InChI is InChI=1S/C19H24N4O3/c1-4-25-16-8-6-5-7-15(16)19(24)23-10-9-14(13-23)26-18-12-20-11-17(21-18)22(2)3/h5-8,11-12,14H,4,9-10,13H2,1-3H3. The number of anilines is 1. The quantitative estimate of drug-likeness (QED) is 0.791. The summed E-state index contributed by atoms with van der Waals surface area (Å²) in [5.74, 6) is 1.80. The molecule has 1 aromatic carbocycles. The van der Waals surface area contributed by atoms with Gasteiger partial charge in [0.15, 0.2) is 5.82 Å². The monoisotopic (exact) mass is 356 g/mol. The lowest BCUT2D eigenvalue weighted by molar-refractivity contribution is 0.0767. The molecule has 1 atom stereocenters. The average Bonchev–Trinajstić information content (AvgIpc) is 3.10. The number of likely N-dealkylation sites (tertiary alicyclic amines) is 1. The van der Waals surface area contributed by atoms with Crippen LogP contribution >= 0.6 is 0 Å². The summed E-state index contributed by atoms with van der Waals surface area (Å²) in [5, 5.41) is 0. The van der Waals surface area contributed by atoms with Crippen LogP contribution in [0.15, 0.2) is 36.7 Å². The summed E-state index contributed by atoms with van der Waals surface area (Å²) in [4.78, 5) is 25.1. The molecule has 1 aliphatic heterocycles. The van der Waals surface area contributed by atoms with Crippen LogP contribution in [0.2, 0.25) is 0 Å². The molecule has 2 heterocycles. The van der Waals surface area contributed by atoms with Crippen molar-refractivity contribution in [2.75, 3.05) is 38.7 Å². The van der Waals surface area contributed by atoms with Gasteiger partial charge >= 0.3 is 0 Å². The van der Waals surface area contributed by atoms with Gasteiger partial charge in [-0.2, -0.15) is 4.98 Å². The Bertz CT molecular complexity index is 766. The Morgan fingerprint density at radius 3 is 2.88 bits per heavy atom. The van der Waals surface area contributed by atoms with Crippen molar-refractivity contribution in [2.45, 2.75) is 19.4 Å².